The van der Waals surface area contributed by atoms with E-state index in [1.807, 2.05) is 25.1 Å². The van der Waals surface area contributed by atoms with Crippen molar-refractivity contribution in [3.05, 3.63) is 70.1 Å². The van der Waals surface area contributed by atoms with Gasteiger partial charge >= 0.3 is 0 Å². The minimum Gasteiger partial charge on any atom is -0.497 e. The SMILES string of the molecule is COc1ccc2cc(C)n(-c3ccc(C(=O)NN)cc3)c(=O)c2c1. The average Bonchev–Trinajstić information content (AvgIpc) is 2.61. The lowest BCUT2D eigenvalue weighted by molar-refractivity contribution is 0.0953. The molecule has 6 nitrogen and oxygen atoms in total. The molecule has 24 heavy (non-hydrogen) atoms. The Balaban J connectivity index is 2.18. The van der Waals surface area contributed by atoms with Gasteiger partial charge in [0.05, 0.1) is 12.5 Å². The van der Waals surface area contributed by atoms with Gasteiger partial charge in [-0.1, -0.05) is 6.07 Å². The van der Waals surface area contributed by atoms with Gasteiger partial charge in [-0.2, -0.15) is 0 Å². The first-order valence-electron chi connectivity index (χ1n) is 7.37. The third-order valence-electron chi connectivity index (χ3n) is 3.93. The number of aryl methyl sites for hydroxylation is 1. The van der Waals surface area contributed by atoms with Crippen LogP contribution < -0.4 is 21.6 Å². The summed E-state index contributed by atoms with van der Waals surface area (Å²) in [6, 6.07) is 14.0. The smallest absolute Gasteiger partial charge is 0.265 e. The summed E-state index contributed by atoms with van der Waals surface area (Å²) in [6.45, 7) is 1.87. The Kier molecular flexibility index (Phi) is 4.05. The van der Waals surface area contributed by atoms with Crippen LogP contribution in [-0.4, -0.2) is 17.6 Å². The summed E-state index contributed by atoms with van der Waals surface area (Å²) in [4.78, 5) is 24.4. The quantitative estimate of drug-likeness (QED) is 0.438. The second-order valence-electron chi connectivity index (χ2n) is 5.40. The molecule has 2 aromatic carbocycles. The van der Waals surface area contributed by atoms with Gasteiger partial charge in [-0.25, -0.2) is 5.84 Å². The van der Waals surface area contributed by atoms with E-state index in [0.29, 0.717) is 22.4 Å². The molecule has 0 unspecified atom stereocenters. The van der Waals surface area contributed by atoms with Crippen molar-refractivity contribution in [3.8, 4) is 11.4 Å². The van der Waals surface area contributed by atoms with Gasteiger partial charge in [0, 0.05) is 16.9 Å². The molecule has 0 aliphatic carbocycles. The van der Waals surface area contributed by atoms with Crippen molar-refractivity contribution < 1.29 is 9.53 Å². The van der Waals surface area contributed by atoms with Crippen LogP contribution in [0.15, 0.2) is 53.3 Å². The van der Waals surface area contributed by atoms with Crippen molar-refractivity contribution in [2.45, 2.75) is 6.92 Å². The molecule has 0 atom stereocenters. The highest BCUT2D eigenvalue weighted by Crippen LogP contribution is 2.20. The predicted molar refractivity (Wildman–Crippen MR) is 92.5 cm³/mol. The summed E-state index contributed by atoms with van der Waals surface area (Å²) < 4.78 is 6.81. The number of rotatable bonds is 3. The van der Waals surface area contributed by atoms with Crippen molar-refractivity contribution in [1.29, 1.82) is 0 Å². The van der Waals surface area contributed by atoms with Gasteiger partial charge in [-0.05, 0) is 54.8 Å². The van der Waals surface area contributed by atoms with E-state index < -0.39 is 0 Å². The molecule has 0 radical (unpaired) electrons. The molecule has 0 saturated heterocycles. The largest absolute Gasteiger partial charge is 0.497 e. The van der Waals surface area contributed by atoms with Crippen LogP contribution in [0, 0.1) is 6.92 Å². The molecular formula is C18H17N3O3. The predicted octanol–water partition coefficient (Wildman–Crippen LogP) is 1.91. The van der Waals surface area contributed by atoms with E-state index in [-0.39, 0.29) is 11.5 Å². The highest BCUT2D eigenvalue weighted by Gasteiger charge is 2.10. The number of carbonyl (C=O) groups is 1. The zero-order chi connectivity index (χ0) is 17.3. The minimum atomic E-state index is -0.381. The number of aromatic nitrogens is 1. The van der Waals surface area contributed by atoms with E-state index in [4.69, 9.17) is 10.6 Å². The van der Waals surface area contributed by atoms with Crippen LogP contribution in [0.1, 0.15) is 16.1 Å². The van der Waals surface area contributed by atoms with E-state index >= 15 is 0 Å². The molecule has 3 rings (SSSR count). The molecule has 0 aliphatic heterocycles. The number of nitrogens with one attached hydrogen (secondary N) is 1. The molecule has 0 bridgehead atoms. The molecule has 122 valence electrons. The second kappa shape index (κ2) is 6.17. The normalized spacial score (nSPS) is 10.6. The average molecular weight is 323 g/mol. The van der Waals surface area contributed by atoms with Gasteiger partial charge in [0.2, 0.25) is 0 Å². The van der Waals surface area contributed by atoms with E-state index in [0.717, 1.165) is 11.1 Å². The van der Waals surface area contributed by atoms with Gasteiger partial charge in [-0.15, -0.1) is 0 Å². The maximum absolute atomic E-state index is 12.9. The number of methoxy groups -OCH3 is 1. The zero-order valence-corrected chi connectivity index (χ0v) is 13.4. The molecular weight excluding hydrogens is 306 g/mol. The van der Waals surface area contributed by atoms with Crippen LogP contribution in [-0.2, 0) is 0 Å². The lowest BCUT2D eigenvalue weighted by Gasteiger charge is -2.13. The number of hydrogen-bond acceptors (Lipinski definition) is 4. The van der Waals surface area contributed by atoms with Gasteiger partial charge in [0.1, 0.15) is 5.75 Å². The van der Waals surface area contributed by atoms with Gasteiger partial charge in [0.25, 0.3) is 11.5 Å². The summed E-state index contributed by atoms with van der Waals surface area (Å²) in [6.07, 6.45) is 0. The molecule has 3 N–H and O–H groups in total. The van der Waals surface area contributed by atoms with Crippen molar-refractivity contribution in [2.24, 2.45) is 5.84 Å². The number of pyridine rings is 1. The fraction of sp³-hybridized carbons (Fsp3) is 0.111. The summed E-state index contributed by atoms with van der Waals surface area (Å²) in [7, 11) is 1.56. The Bertz CT molecular complexity index is 975. The molecule has 0 saturated carbocycles. The monoisotopic (exact) mass is 323 g/mol. The summed E-state index contributed by atoms with van der Waals surface area (Å²) in [5.41, 5.74) is 3.84. The lowest BCUT2D eigenvalue weighted by Crippen LogP contribution is -2.30. The van der Waals surface area contributed by atoms with E-state index in [1.54, 1.807) is 42.0 Å². The Hall–Kier alpha value is -3.12. The van der Waals surface area contributed by atoms with Crippen LogP contribution in [0.2, 0.25) is 0 Å². The summed E-state index contributed by atoms with van der Waals surface area (Å²) >= 11 is 0. The summed E-state index contributed by atoms with van der Waals surface area (Å²) in [5.74, 6) is 5.37. The number of carbonyl (C=O) groups excluding carboxylic acids is 1. The molecule has 0 aliphatic rings. The number of nitrogen functional groups attached to an aromatic ring is 1. The number of amides is 1. The third kappa shape index (κ3) is 2.63. The fourth-order valence-corrected chi connectivity index (χ4v) is 2.71. The Labute approximate surface area is 138 Å². The van der Waals surface area contributed by atoms with Crippen LogP contribution in [0.3, 0.4) is 0 Å². The first-order valence-corrected chi connectivity index (χ1v) is 7.37. The van der Waals surface area contributed by atoms with Gasteiger partial charge < -0.3 is 4.74 Å². The maximum Gasteiger partial charge on any atom is 0.265 e. The zero-order valence-electron chi connectivity index (χ0n) is 13.4. The van der Waals surface area contributed by atoms with E-state index in [9.17, 15) is 9.59 Å². The highest BCUT2D eigenvalue weighted by atomic mass is 16.5. The minimum absolute atomic E-state index is 0.139. The Morgan fingerprint density at radius 1 is 1.12 bits per heavy atom. The number of benzene rings is 2. The van der Waals surface area contributed by atoms with Gasteiger partial charge in [0.15, 0.2) is 0 Å². The van der Waals surface area contributed by atoms with Crippen LogP contribution in [0.5, 0.6) is 5.75 Å². The Morgan fingerprint density at radius 3 is 2.46 bits per heavy atom. The molecule has 3 aromatic rings. The fourth-order valence-electron chi connectivity index (χ4n) is 2.71. The first kappa shape index (κ1) is 15.8. The van der Waals surface area contributed by atoms with Crippen molar-refractivity contribution >= 4 is 16.7 Å². The molecule has 6 heteroatoms. The number of fused-ring (bicyclic) bond motifs is 1. The number of nitrogens with two attached hydrogens (primary N) is 1. The highest BCUT2D eigenvalue weighted by molar-refractivity contribution is 5.93. The number of hydrogen-bond donors (Lipinski definition) is 2. The first-order chi connectivity index (χ1) is 11.5. The molecule has 0 fully saturated rings. The molecule has 1 heterocycles. The number of ether oxygens (including phenoxy) is 1. The number of hydrazine groups is 1. The molecule has 1 aromatic heterocycles. The van der Waals surface area contributed by atoms with Crippen molar-refractivity contribution in [3.63, 3.8) is 0 Å². The maximum atomic E-state index is 12.9. The van der Waals surface area contributed by atoms with Crippen molar-refractivity contribution in [2.75, 3.05) is 7.11 Å². The lowest BCUT2D eigenvalue weighted by atomic mass is 10.1. The van der Waals surface area contributed by atoms with Crippen LogP contribution in [0.4, 0.5) is 0 Å². The van der Waals surface area contributed by atoms with Crippen molar-refractivity contribution in [1.82, 2.24) is 9.99 Å². The summed E-state index contributed by atoms with van der Waals surface area (Å²) in [5, 5.41) is 1.43. The topological polar surface area (TPSA) is 86.3 Å². The number of nitrogens with zero attached hydrogens (tertiary/aromatic N) is 1. The van der Waals surface area contributed by atoms with E-state index in [2.05, 4.69) is 5.43 Å². The second-order valence-corrected chi connectivity index (χ2v) is 5.40. The molecule has 0 spiro atoms. The Morgan fingerprint density at radius 2 is 1.83 bits per heavy atom. The standard InChI is InChI=1S/C18H17N3O3/c1-11-9-13-5-8-15(24-2)10-16(13)18(23)21(11)14-6-3-12(4-7-14)17(22)20-19/h3-10H,19H2,1-2H3,(H,20,22). The van der Waals surface area contributed by atoms with Crippen LogP contribution >= 0.6 is 0 Å². The van der Waals surface area contributed by atoms with Gasteiger partial charge in [-0.3, -0.25) is 19.6 Å². The molecule has 1 amide bonds. The third-order valence-corrected chi connectivity index (χ3v) is 3.93. The van der Waals surface area contributed by atoms with E-state index in [1.165, 1.54) is 0 Å². The van der Waals surface area contributed by atoms with Crippen LogP contribution in [0.25, 0.3) is 16.5 Å².